The van der Waals surface area contributed by atoms with Gasteiger partial charge in [-0.3, -0.25) is 9.48 Å². The molecule has 0 fully saturated rings. The van der Waals surface area contributed by atoms with Gasteiger partial charge in [0.2, 0.25) is 0 Å². The summed E-state index contributed by atoms with van der Waals surface area (Å²) in [6, 6.07) is 0. The Morgan fingerprint density at radius 2 is 2.17 bits per heavy atom. The number of aryl methyl sites for hydroxylation is 1. The smallest absolute Gasteiger partial charge is 0.254 e. The standard InChI is InChI=1S/C15H21BrN6O/c1-22-10-11(8-20-22)7-13-19-9-12(14(17)23)15(21-13)18-6-4-2-3-5-16/h8-10H,2-7H2,1H3,(H2,17,23)(H,18,19,21). The number of nitrogens with two attached hydrogens (primary N) is 1. The van der Waals surface area contributed by atoms with E-state index in [9.17, 15) is 4.79 Å². The molecule has 0 saturated heterocycles. The summed E-state index contributed by atoms with van der Waals surface area (Å²) < 4.78 is 1.73. The van der Waals surface area contributed by atoms with Crippen molar-refractivity contribution in [2.24, 2.45) is 12.8 Å². The number of amides is 1. The lowest BCUT2D eigenvalue weighted by Crippen LogP contribution is -2.17. The molecule has 0 unspecified atom stereocenters. The first-order valence-corrected chi connectivity index (χ1v) is 8.65. The molecule has 23 heavy (non-hydrogen) atoms. The van der Waals surface area contributed by atoms with Crippen molar-refractivity contribution in [3.63, 3.8) is 0 Å². The number of nitrogens with one attached hydrogen (secondary N) is 1. The average molecular weight is 381 g/mol. The van der Waals surface area contributed by atoms with Crippen molar-refractivity contribution in [3.8, 4) is 0 Å². The summed E-state index contributed by atoms with van der Waals surface area (Å²) in [6.45, 7) is 0.747. The van der Waals surface area contributed by atoms with E-state index in [1.165, 1.54) is 6.20 Å². The molecule has 2 heterocycles. The fourth-order valence-corrected chi connectivity index (χ4v) is 2.56. The fourth-order valence-electron chi connectivity index (χ4n) is 2.17. The summed E-state index contributed by atoms with van der Waals surface area (Å²) >= 11 is 3.41. The van der Waals surface area contributed by atoms with Crippen molar-refractivity contribution < 1.29 is 4.79 Å². The molecule has 8 heteroatoms. The molecule has 2 aromatic rings. The summed E-state index contributed by atoms with van der Waals surface area (Å²) in [5.41, 5.74) is 6.73. The number of hydrogen-bond donors (Lipinski definition) is 2. The number of carbonyl (C=O) groups excluding carboxylic acids is 1. The highest BCUT2D eigenvalue weighted by atomic mass is 79.9. The third-order valence-corrected chi connectivity index (χ3v) is 3.89. The summed E-state index contributed by atoms with van der Waals surface area (Å²) in [4.78, 5) is 20.2. The van der Waals surface area contributed by atoms with E-state index in [1.807, 2.05) is 13.2 Å². The number of anilines is 1. The van der Waals surface area contributed by atoms with Crippen LogP contribution in [-0.2, 0) is 13.5 Å². The van der Waals surface area contributed by atoms with Crippen LogP contribution in [0.15, 0.2) is 18.6 Å². The zero-order valence-corrected chi connectivity index (χ0v) is 14.7. The number of unbranched alkanes of at least 4 members (excludes halogenated alkanes) is 2. The number of alkyl halides is 1. The maximum absolute atomic E-state index is 11.5. The van der Waals surface area contributed by atoms with Crippen molar-refractivity contribution in [2.75, 3.05) is 17.2 Å². The largest absolute Gasteiger partial charge is 0.369 e. The molecular formula is C15H21BrN6O. The Hall–Kier alpha value is -1.96. The van der Waals surface area contributed by atoms with E-state index in [0.29, 0.717) is 23.6 Å². The monoisotopic (exact) mass is 380 g/mol. The molecule has 0 aliphatic heterocycles. The van der Waals surface area contributed by atoms with Gasteiger partial charge < -0.3 is 11.1 Å². The third kappa shape index (κ3) is 5.31. The van der Waals surface area contributed by atoms with Crippen LogP contribution in [0, 0.1) is 0 Å². The first kappa shape index (κ1) is 17.4. The van der Waals surface area contributed by atoms with Gasteiger partial charge in [-0.1, -0.05) is 22.4 Å². The third-order valence-electron chi connectivity index (χ3n) is 3.33. The van der Waals surface area contributed by atoms with Crippen molar-refractivity contribution in [1.29, 1.82) is 0 Å². The predicted molar refractivity (Wildman–Crippen MR) is 92.7 cm³/mol. The van der Waals surface area contributed by atoms with E-state index < -0.39 is 5.91 Å². The number of primary amides is 1. The van der Waals surface area contributed by atoms with E-state index in [1.54, 1.807) is 10.9 Å². The molecule has 2 rings (SSSR count). The minimum absolute atomic E-state index is 0.320. The van der Waals surface area contributed by atoms with Crippen LogP contribution >= 0.6 is 15.9 Å². The SMILES string of the molecule is Cn1cc(Cc2ncc(C(N)=O)c(NCCCCCBr)n2)cn1. The van der Waals surface area contributed by atoms with Gasteiger partial charge in [0.15, 0.2) is 0 Å². The van der Waals surface area contributed by atoms with Crippen molar-refractivity contribution in [2.45, 2.75) is 25.7 Å². The summed E-state index contributed by atoms with van der Waals surface area (Å²) in [5.74, 6) is 0.608. The number of hydrogen-bond acceptors (Lipinski definition) is 5. The summed E-state index contributed by atoms with van der Waals surface area (Å²) in [5, 5.41) is 8.33. The van der Waals surface area contributed by atoms with Crippen molar-refractivity contribution in [3.05, 3.63) is 35.5 Å². The van der Waals surface area contributed by atoms with Crippen LogP contribution in [0.4, 0.5) is 5.82 Å². The number of carbonyl (C=O) groups is 1. The number of halogens is 1. The highest BCUT2D eigenvalue weighted by Gasteiger charge is 2.12. The Bertz CT molecular complexity index is 657. The second-order valence-electron chi connectivity index (χ2n) is 5.29. The van der Waals surface area contributed by atoms with E-state index in [-0.39, 0.29) is 0 Å². The highest BCUT2D eigenvalue weighted by Crippen LogP contribution is 2.14. The van der Waals surface area contributed by atoms with Crippen LogP contribution in [0.2, 0.25) is 0 Å². The van der Waals surface area contributed by atoms with Gasteiger partial charge >= 0.3 is 0 Å². The number of aromatic nitrogens is 4. The van der Waals surface area contributed by atoms with Gasteiger partial charge in [0.05, 0.1) is 11.8 Å². The van der Waals surface area contributed by atoms with Gasteiger partial charge in [-0.15, -0.1) is 0 Å². The lowest BCUT2D eigenvalue weighted by molar-refractivity contribution is 0.100. The van der Waals surface area contributed by atoms with Gasteiger partial charge in [-0.25, -0.2) is 9.97 Å². The molecule has 0 bridgehead atoms. The first-order valence-electron chi connectivity index (χ1n) is 7.53. The molecule has 0 aliphatic rings. The van der Waals surface area contributed by atoms with Crippen molar-refractivity contribution in [1.82, 2.24) is 19.7 Å². The number of nitrogens with zero attached hydrogens (tertiary/aromatic N) is 4. The summed E-state index contributed by atoms with van der Waals surface area (Å²) in [6.07, 6.45) is 8.98. The fraction of sp³-hybridized carbons (Fsp3) is 0.467. The molecule has 0 aromatic carbocycles. The first-order chi connectivity index (χ1) is 11.1. The minimum Gasteiger partial charge on any atom is -0.369 e. The molecule has 7 nitrogen and oxygen atoms in total. The minimum atomic E-state index is -0.527. The maximum atomic E-state index is 11.5. The molecule has 0 atom stereocenters. The van der Waals surface area contributed by atoms with Gasteiger partial charge in [0, 0.05) is 37.7 Å². The average Bonchev–Trinajstić information content (AvgIpc) is 2.92. The second kappa shape index (κ2) is 8.61. The molecule has 3 N–H and O–H groups in total. The van der Waals surface area contributed by atoms with Crippen molar-refractivity contribution >= 4 is 27.7 Å². The predicted octanol–water partition coefficient (Wildman–Crippen LogP) is 1.88. The Balaban J connectivity index is 2.06. The quantitative estimate of drug-likeness (QED) is 0.511. The van der Waals surface area contributed by atoms with Gasteiger partial charge in [0.1, 0.15) is 11.6 Å². The second-order valence-corrected chi connectivity index (χ2v) is 6.08. The topological polar surface area (TPSA) is 98.7 Å². The zero-order valence-electron chi connectivity index (χ0n) is 13.1. The lowest BCUT2D eigenvalue weighted by atomic mass is 10.2. The highest BCUT2D eigenvalue weighted by molar-refractivity contribution is 9.09. The van der Waals surface area contributed by atoms with Crippen LogP contribution < -0.4 is 11.1 Å². The van der Waals surface area contributed by atoms with E-state index in [0.717, 1.165) is 36.7 Å². The van der Waals surface area contributed by atoms with E-state index in [2.05, 4.69) is 36.3 Å². The summed E-state index contributed by atoms with van der Waals surface area (Å²) in [7, 11) is 1.86. The van der Waals surface area contributed by atoms with Gasteiger partial charge in [0.25, 0.3) is 5.91 Å². The molecule has 2 aromatic heterocycles. The molecule has 0 spiro atoms. The molecule has 1 amide bonds. The molecule has 0 saturated carbocycles. The van der Waals surface area contributed by atoms with Crippen LogP contribution in [0.1, 0.15) is 41.0 Å². The van der Waals surface area contributed by atoms with Crippen LogP contribution in [0.25, 0.3) is 0 Å². The number of rotatable bonds is 9. The molecule has 124 valence electrons. The normalized spacial score (nSPS) is 10.7. The molecular weight excluding hydrogens is 360 g/mol. The van der Waals surface area contributed by atoms with Gasteiger partial charge in [-0.05, 0) is 18.4 Å². The Morgan fingerprint density at radius 3 is 2.83 bits per heavy atom. The van der Waals surface area contributed by atoms with Crippen LogP contribution in [-0.4, -0.2) is 37.5 Å². The molecule has 0 radical (unpaired) electrons. The van der Waals surface area contributed by atoms with E-state index in [4.69, 9.17) is 5.73 Å². The maximum Gasteiger partial charge on any atom is 0.254 e. The Morgan fingerprint density at radius 1 is 1.35 bits per heavy atom. The van der Waals surface area contributed by atoms with E-state index >= 15 is 0 Å². The Kier molecular flexibility index (Phi) is 6.52. The lowest BCUT2D eigenvalue weighted by Gasteiger charge is -2.10. The zero-order chi connectivity index (χ0) is 16.7. The van der Waals surface area contributed by atoms with Crippen LogP contribution in [0.3, 0.4) is 0 Å². The van der Waals surface area contributed by atoms with Gasteiger partial charge in [-0.2, -0.15) is 5.10 Å². The Labute approximate surface area is 143 Å². The molecule has 0 aliphatic carbocycles. The van der Waals surface area contributed by atoms with Crippen LogP contribution in [0.5, 0.6) is 0 Å².